The van der Waals surface area contributed by atoms with E-state index < -0.39 is 0 Å². The summed E-state index contributed by atoms with van der Waals surface area (Å²) in [5.41, 5.74) is 4.32. The van der Waals surface area contributed by atoms with Crippen LogP contribution in [-0.4, -0.2) is 24.4 Å². The van der Waals surface area contributed by atoms with Crippen LogP contribution in [0.4, 0.5) is 11.4 Å². The second-order valence-electron chi connectivity index (χ2n) is 7.04. The minimum absolute atomic E-state index is 0.0299. The first-order valence-electron chi connectivity index (χ1n) is 8.83. The summed E-state index contributed by atoms with van der Waals surface area (Å²) in [6.07, 6.45) is 1.34. The second-order valence-corrected chi connectivity index (χ2v) is 7.04. The van der Waals surface area contributed by atoms with Crippen molar-refractivity contribution in [3.63, 3.8) is 0 Å². The van der Waals surface area contributed by atoms with Crippen LogP contribution in [0.5, 0.6) is 0 Å². The average Bonchev–Trinajstić information content (AvgIpc) is 3.12. The van der Waals surface area contributed by atoms with Gasteiger partial charge in [0.1, 0.15) is 0 Å². The molecule has 2 amide bonds. The van der Waals surface area contributed by atoms with Crippen LogP contribution in [0.3, 0.4) is 0 Å². The third-order valence-electron chi connectivity index (χ3n) is 5.35. The molecule has 0 radical (unpaired) electrons. The number of carbonyl (C=O) groups is 2. The molecule has 0 aromatic heterocycles. The van der Waals surface area contributed by atoms with E-state index in [0.29, 0.717) is 13.0 Å². The molecule has 4 rings (SSSR count). The number of carbonyl (C=O) groups excluding carboxylic acids is 2. The zero-order chi connectivity index (χ0) is 17.6. The molecule has 0 saturated heterocycles. The van der Waals surface area contributed by atoms with Crippen LogP contribution in [0.2, 0.25) is 0 Å². The molecule has 4 heteroatoms. The summed E-state index contributed by atoms with van der Waals surface area (Å²) < 4.78 is 0. The Kier molecular flexibility index (Phi) is 3.83. The smallest absolute Gasteiger partial charge is 0.227 e. The van der Waals surface area contributed by atoms with Gasteiger partial charge in [0.2, 0.25) is 11.8 Å². The highest BCUT2D eigenvalue weighted by Gasteiger charge is 2.36. The molecule has 0 fully saturated rings. The summed E-state index contributed by atoms with van der Waals surface area (Å²) >= 11 is 0. The fourth-order valence-corrected chi connectivity index (χ4v) is 4.22. The van der Waals surface area contributed by atoms with E-state index in [9.17, 15) is 9.59 Å². The molecule has 4 nitrogen and oxygen atoms in total. The van der Waals surface area contributed by atoms with Crippen LogP contribution in [0.25, 0.3) is 0 Å². The zero-order valence-electron chi connectivity index (χ0n) is 14.6. The maximum Gasteiger partial charge on any atom is 0.227 e. The summed E-state index contributed by atoms with van der Waals surface area (Å²) in [4.78, 5) is 28.8. The Morgan fingerprint density at radius 1 is 1.04 bits per heavy atom. The molecule has 2 atom stereocenters. The first-order valence-corrected chi connectivity index (χ1v) is 8.83. The van der Waals surface area contributed by atoms with Crippen molar-refractivity contribution in [3.8, 4) is 0 Å². The van der Waals surface area contributed by atoms with E-state index in [-0.39, 0.29) is 23.8 Å². The first kappa shape index (κ1) is 15.9. The lowest BCUT2D eigenvalue weighted by molar-refractivity contribution is -0.119. The number of hydrogen-bond acceptors (Lipinski definition) is 2. The molecule has 25 heavy (non-hydrogen) atoms. The van der Waals surface area contributed by atoms with Crippen molar-refractivity contribution < 1.29 is 9.59 Å². The van der Waals surface area contributed by atoms with Crippen LogP contribution in [-0.2, 0) is 16.0 Å². The normalized spacial score (nSPS) is 21.2. The molecule has 2 aromatic rings. The number of para-hydroxylation sites is 2. The summed E-state index contributed by atoms with van der Waals surface area (Å²) in [5, 5.41) is 0. The number of nitrogens with zero attached hydrogens (tertiary/aromatic N) is 2. The Bertz CT molecular complexity index is 845. The molecule has 128 valence electrons. The lowest BCUT2D eigenvalue weighted by Gasteiger charge is -2.24. The molecule has 2 heterocycles. The Morgan fingerprint density at radius 2 is 1.72 bits per heavy atom. The lowest BCUT2D eigenvalue weighted by atomic mass is 9.97. The molecule has 0 bridgehead atoms. The van der Waals surface area contributed by atoms with Gasteiger partial charge < -0.3 is 9.80 Å². The predicted molar refractivity (Wildman–Crippen MR) is 98.9 cm³/mol. The largest absolute Gasteiger partial charge is 0.312 e. The fraction of sp³-hybridized carbons (Fsp3) is 0.333. The van der Waals surface area contributed by atoms with E-state index >= 15 is 0 Å². The summed E-state index contributed by atoms with van der Waals surface area (Å²) in [6, 6.07) is 16.3. The Hall–Kier alpha value is -2.62. The summed E-state index contributed by atoms with van der Waals surface area (Å²) in [5.74, 6) is 0.234. The van der Waals surface area contributed by atoms with E-state index in [4.69, 9.17) is 0 Å². The Labute approximate surface area is 148 Å². The van der Waals surface area contributed by atoms with Gasteiger partial charge in [0.05, 0.1) is 0 Å². The Morgan fingerprint density at radius 3 is 2.48 bits per heavy atom. The van der Waals surface area contributed by atoms with Crippen molar-refractivity contribution in [2.45, 2.75) is 38.6 Å². The highest BCUT2D eigenvalue weighted by Crippen LogP contribution is 2.40. The third kappa shape index (κ3) is 2.62. The maximum atomic E-state index is 13.1. The van der Waals surface area contributed by atoms with Crippen LogP contribution in [0.1, 0.15) is 37.3 Å². The minimum atomic E-state index is 0.0299. The molecule has 2 unspecified atom stereocenters. The van der Waals surface area contributed by atoms with E-state index in [1.54, 1.807) is 11.8 Å². The number of amides is 2. The molecule has 0 aliphatic carbocycles. The van der Waals surface area contributed by atoms with E-state index in [1.165, 1.54) is 5.56 Å². The predicted octanol–water partition coefficient (Wildman–Crippen LogP) is 3.50. The number of rotatable bonds is 2. The van der Waals surface area contributed by atoms with Crippen molar-refractivity contribution in [2.75, 3.05) is 16.3 Å². The molecule has 2 aromatic carbocycles. The van der Waals surface area contributed by atoms with Gasteiger partial charge in [-0.2, -0.15) is 0 Å². The molecule has 0 spiro atoms. The maximum absolute atomic E-state index is 13.1. The van der Waals surface area contributed by atoms with Crippen LogP contribution in [0, 0.1) is 0 Å². The Balaban J connectivity index is 1.59. The van der Waals surface area contributed by atoms with E-state index in [1.807, 2.05) is 47.4 Å². The molecule has 2 aliphatic heterocycles. The zero-order valence-corrected chi connectivity index (χ0v) is 14.6. The lowest BCUT2D eigenvalue weighted by Crippen LogP contribution is -2.37. The van der Waals surface area contributed by atoms with Crippen molar-refractivity contribution in [1.29, 1.82) is 0 Å². The molecular formula is C21H22N2O2. The number of anilines is 2. The van der Waals surface area contributed by atoms with E-state index in [2.05, 4.69) is 13.0 Å². The van der Waals surface area contributed by atoms with Crippen LogP contribution < -0.4 is 9.80 Å². The number of benzene rings is 2. The standard InChI is InChI=1S/C21H22N2O2/c1-14-11-16-7-3-5-9-19(16)23(14)21(25)12-17-13-22(15(2)24)20-10-6-4-8-18(17)20/h3-10,14,17H,11-13H2,1-2H3. The van der Waals surface area contributed by atoms with Gasteiger partial charge in [0.25, 0.3) is 0 Å². The van der Waals surface area contributed by atoms with Gasteiger partial charge in [0.15, 0.2) is 0 Å². The van der Waals surface area contributed by atoms with E-state index in [0.717, 1.165) is 23.4 Å². The van der Waals surface area contributed by atoms with Crippen LogP contribution in [0.15, 0.2) is 48.5 Å². The van der Waals surface area contributed by atoms with Gasteiger partial charge in [-0.25, -0.2) is 0 Å². The van der Waals surface area contributed by atoms with Crippen molar-refractivity contribution >= 4 is 23.2 Å². The highest BCUT2D eigenvalue weighted by molar-refractivity contribution is 5.98. The topological polar surface area (TPSA) is 40.6 Å². The third-order valence-corrected chi connectivity index (χ3v) is 5.35. The van der Waals surface area contributed by atoms with Crippen molar-refractivity contribution in [3.05, 3.63) is 59.7 Å². The van der Waals surface area contributed by atoms with Crippen molar-refractivity contribution in [2.24, 2.45) is 0 Å². The van der Waals surface area contributed by atoms with Gasteiger partial charge in [-0.05, 0) is 36.6 Å². The minimum Gasteiger partial charge on any atom is -0.312 e. The first-order chi connectivity index (χ1) is 12.1. The quantitative estimate of drug-likeness (QED) is 0.843. The fourth-order valence-electron chi connectivity index (χ4n) is 4.22. The van der Waals surface area contributed by atoms with Gasteiger partial charge in [-0.15, -0.1) is 0 Å². The molecule has 0 saturated carbocycles. The average molecular weight is 334 g/mol. The van der Waals surface area contributed by atoms with Gasteiger partial charge in [-0.1, -0.05) is 36.4 Å². The van der Waals surface area contributed by atoms with Crippen LogP contribution >= 0.6 is 0 Å². The molecule has 0 N–H and O–H groups in total. The monoisotopic (exact) mass is 334 g/mol. The molecular weight excluding hydrogens is 312 g/mol. The number of fused-ring (bicyclic) bond motifs is 2. The van der Waals surface area contributed by atoms with Gasteiger partial charge >= 0.3 is 0 Å². The second kappa shape index (κ2) is 6.03. The molecule has 2 aliphatic rings. The summed E-state index contributed by atoms with van der Waals surface area (Å²) in [7, 11) is 0. The number of hydrogen-bond donors (Lipinski definition) is 0. The highest BCUT2D eigenvalue weighted by atomic mass is 16.2. The van der Waals surface area contributed by atoms with Crippen molar-refractivity contribution in [1.82, 2.24) is 0 Å². The van der Waals surface area contributed by atoms with Gasteiger partial charge in [-0.3, -0.25) is 9.59 Å². The van der Waals surface area contributed by atoms with Gasteiger partial charge in [0, 0.05) is 43.2 Å². The summed E-state index contributed by atoms with van der Waals surface area (Å²) in [6.45, 7) is 4.27. The SMILES string of the molecule is CC(=O)N1CC(CC(=O)N2c3ccccc3CC2C)c2ccccc21.